The van der Waals surface area contributed by atoms with E-state index < -0.39 is 9.84 Å². The first-order valence-electron chi connectivity index (χ1n) is 6.70. The summed E-state index contributed by atoms with van der Waals surface area (Å²) in [6.45, 7) is 4.97. The zero-order valence-corrected chi connectivity index (χ0v) is 12.2. The van der Waals surface area contributed by atoms with Crippen LogP contribution in [0.5, 0.6) is 0 Å². The highest BCUT2D eigenvalue weighted by molar-refractivity contribution is 7.91. The number of aliphatic hydroxyl groups is 1. The highest BCUT2D eigenvalue weighted by Gasteiger charge is 2.29. The fourth-order valence-corrected chi connectivity index (χ4v) is 3.65. The Bertz CT molecular complexity index is 539. The van der Waals surface area contributed by atoms with Crippen LogP contribution in [0.25, 0.3) is 0 Å². The van der Waals surface area contributed by atoms with E-state index >= 15 is 0 Å². The van der Waals surface area contributed by atoms with Crippen LogP contribution >= 0.6 is 0 Å². The zero-order valence-electron chi connectivity index (χ0n) is 11.4. The number of sulfone groups is 1. The van der Waals surface area contributed by atoms with Crippen molar-refractivity contribution >= 4 is 15.5 Å². The Balaban J connectivity index is 2.32. The zero-order chi connectivity index (χ0) is 14.0. The fraction of sp³-hybridized carbons (Fsp3) is 0.571. The molecule has 1 aliphatic heterocycles. The van der Waals surface area contributed by atoms with E-state index in [9.17, 15) is 13.5 Å². The number of anilines is 1. The van der Waals surface area contributed by atoms with E-state index in [-0.39, 0.29) is 17.8 Å². The Hall–Kier alpha value is -1.07. The van der Waals surface area contributed by atoms with Crippen molar-refractivity contribution in [1.82, 2.24) is 0 Å². The molecule has 0 amide bonds. The summed E-state index contributed by atoms with van der Waals surface area (Å²) in [5.41, 5.74) is 0.771. The van der Waals surface area contributed by atoms with Crippen LogP contribution in [0.1, 0.15) is 20.3 Å². The number of rotatable bonds is 4. The largest absolute Gasteiger partial charge is 0.393 e. The average Bonchev–Trinajstić information content (AvgIpc) is 2.88. The number of para-hydroxylation sites is 1. The minimum absolute atomic E-state index is 0.109. The predicted molar refractivity (Wildman–Crippen MR) is 76.2 cm³/mol. The second-order valence-corrected chi connectivity index (χ2v) is 7.35. The molecule has 2 unspecified atom stereocenters. The molecule has 2 rings (SSSR count). The molecule has 1 aromatic carbocycles. The smallest absolute Gasteiger partial charge is 0.180 e. The Morgan fingerprint density at radius 3 is 2.68 bits per heavy atom. The van der Waals surface area contributed by atoms with Crippen molar-refractivity contribution in [3.8, 4) is 0 Å². The summed E-state index contributed by atoms with van der Waals surface area (Å²) in [6, 6.07) is 7.14. The molecule has 0 spiro atoms. The van der Waals surface area contributed by atoms with Crippen molar-refractivity contribution in [2.45, 2.75) is 31.3 Å². The van der Waals surface area contributed by atoms with E-state index in [0.29, 0.717) is 11.4 Å². The molecular formula is C14H21NO3S. The van der Waals surface area contributed by atoms with Gasteiger partial charge in [0.1, 0.15) is 0 Å². The second kappa shape index (κ2) is 5.51. The molecule has 0 aliphatic carbocycles. The maximum absolute atomic E-state index is 12.1. The molecule has 1 N–H and O–H groups in total. The van der Waals surface area contributed by atoms with Crippen LogP contribution in [-0.4, -0.2) is 38.5 Å². The van der Waals surface area contributed by atoms with E-state index in [1.54, 1.807) is 26.0 Å². The lowest BCUT2D eigenvalue weighted by molar-refractivity contribution is 0.136. The standard InChI is InChI=1S/C14H21NO3S/c1-3-19(17,18)14-7-5-4-6-13(14)15-9-8-12(10-15)11(2)16/h4-7,11-12,16H,3,8-10H2,1-2H3. The van der Waals surface area contributed by atoms with Crippen molar-refractivity contribution < 1.29 is 13.5 Å². The third-order valence-electron chi connectivity index (χ3n) is 3.83. The van der Waals surface area contributed by atoms with Crippen molar-refractivity contribution in [1.29, 1.82) is 0 Å². The summed E-state index contributed by atoms with van der Waals surface area (Å²) in [7, 11) is -3.21. The molecule has 1 aliphatic rings. The van der Waals surface area contributed by atoms with Gasteiger partial charge in [-0.25, -0.2) is 8.42 Å². The van der Waals surface area contributed by atoms with E-state index in [4.69, 9.17) is 0 Å². The van der Waals surface area contributed by atoms with Gasteiger partial charge in [0, 0.05) is 19.0 Å². The molecule has 5 heteroatoms. The van der Waals surface area contributed by atoms with Crippen molar-refractivity contribution in [3.05, 3.63) is 24.3 Å². The van der Waals surface area contributed by atoms with E-state index in [1.807, 2.05) is 12.1 Å². The average molecular weight is 283 g/mol. The van der Waals surface area contributed by atoms with Crippen LogP contribution in [0.2, 0.25) is 0 Å². The first-order chi connectivity index (χ1) is 8.95. The number of hydrogen-bond donors (Lipinski definition) is 1. The Labute approximate surface area is 115 Å². The van der Waals surface area contributed by atoms with Crippen LogP contribution in [0, 0.1) is 5.92 Å². The predicted octanol–water partition coefficient (Wildman–Crippen LogP) is 1.69. The van der Waals surface area contributed by atoms with Crippen LogP contribution in [-0.2, 0) is 9.84 Å². The summed E-state index contributed by atoms with van der Waals surface area (Å²) in [6.07, 6.45) is 0.554. The molecule has 1 fully saturated rings. The maximum Gasteiger partial charge on any atom is 0.180 e. The monoisotopic (exact) mass is 283 g/mol. The van der Waals surface area contributed by atoms with Crippen molar-refractivity contribution in [2.24, 2.45) is 5.92 Å². The maximum atomic E-state index is 12.1. The molecule has 0 aromatic heterocycles. The molecule has 19 heavy (non-hydrogen) atoms. The Morgan fingerprint density at radius 1 is 1.42 bits per heavy atom. The van der Waals surface area contributed by atoms with Crippen LogP contribution in [0.15, 0.2) is 29.2 Å². The Kier molecular flexibility index (Phi) is 4.16. The lowest BCUT2D eigenvalue weighted by atomic mass is 10.0. The summed E-state index contributed by atoms with van der Waals surface area (Å²) < 4.78 is 24.2. The minimum atomic E-state index is -3.21. The number of hydrogen-bond acceptors (Lipinski definition) is 4. The molecular weight excluding hydrogens is 262 g/mol. The molecule has 4 nitrogen and oxygen atoms in total. The lowest BCUT2D eigenvalue weighted by Gasteiger charge is -2.22. The van der Waals surface area contributed by atoms with Crippen molar-refractivity contribution in [2.75, 3.05) is 23.7 Å². The first kappa shape index (κ1) is 14.3. The van der Waals surface area contributed by atoms with Gasteiger partial charge in [-0.3, -0.25) is 0 Å². The van der Waals surface area contributed by atoms with Gasteiger partial charge < -0.3 is 10.0 Å². The topological polar surface area (TPSA) is 57.6 Å². The third kappa shape index (κ3) is 2.92. The third-order valence-corrected chi connectivity index (χ3v) is 5.60. The summed E-state index contributed by atoms with van der Waals surface area (Å²) in [5.74, 6) is 0.329. The minimum Gasteiger partial charge on any atom is -0.393 e. The van der Waals surface area contributed by atoms with Gasteiger partial charge in [-0.1, -0.05) is 19.1 Å². The van der Waals surface area contributed by atoms with Crippen LogP contribution in [0.4, 0.5) is 5.69 Å². The Morgan fingerprint density at radius 2 is 2.11 bits per heavy atom. The van der Waals surface area contributed by atoms with Gasteiger partial charge in [0.2, 0.25) is 0 Å². The van der Waals surface area contributed by atoms with E-state index in [1.165, 1.54) is 0 Å². The summed E-state index contributed by atoms with van der Waals surface area (Å²) in [5, 5.41) is 9.65. The first-order valence-corrected chi connectivity index (χ1v) is 8.35. The molecule has 0 bridgehead atoms. The molecule has 106 valence electrons. The molecule has 1 saturated heterocycles. The fourth-order valence-electron chi connectivity index (χ4n) is 2.54. The van der Waals surface area contributed by atoms with Gasteiger partial charge in [-0.2, -0.15) is 0 Å². The quantitative estimate of drug-likeness (QED) is 0.913. The summed E-state index contributed by atoms with van der Waals surface area (Å²) in [4.78, 5) is 2.48. The van der Waals surface area contributed by atoms with Gasteiger partial charge in [0.15, 0.2) is 9.84 Å². The van der Waals surface area contributed by atoms with Gasteiger partial charge in [0.05, 0.1) is 22.4 Å². The highest BCUT2D eigenvalue weighted by Crippen LogP contribution is 2.31. The second-order valence-electron chi connectivity index (χ2n) is 5.11. The molecule has 0 radical (unpaired) electrons. The van der Waals surface area contributed by atoms with Gasteiger partial charge >= 0.3 is 0 Å². The van der Waals surface area contributed by atoms with E-state index in [2.05, 4.69) is 4.90 Å². The summed E-state index contributed by atoms with van der Waals surface area (Å²) >= 11 is 0. The molecule has 1 aromatic rings. The molecule has 0 saturated carbocycles. The van der Waals surface area contributed by atoms with Gasteiger partial charge in [-0.05, 0) is 25.5 Å². The number of benzene rings is 1. The van der Waals surface area contributed by atoms with Gasteiger partial charge in [0.25, 0.3) is 0 Å². The normalized spacial score (nSPS) is 21.6. The lowest BCUT2D eigenvalue weighted by Crippen LogP contribution is -2.25. The number of nitrogens with zero attached hydrogens (tertiary/aromatic N) is 1. The molecule has 1 heterocycles. The van der Waals surface area contributed by atoms with Gasteiger partial charge in [-0.15, -0.1) is 0 Å². The SMILES string of the molecule is CCS(=O)(=O)c1ccccc1N1CCC(C(C)O)C1. The highest BCUT2D eigenvalue weighted by atomic mass is 32.2. The van der Waals surface area contributed by atoms with Crippen LogP contribution < -0.4 is 4.90 Å². The van der Waals surface area contributed by atoms with Crippen LogP contribution in [0.3, 0.4) is 0 Å². The number of aliphatic hydroxyl groups excluding tert-OH is 1. The van der Waals surface area contributed by atoms with Crippen molar-refractivity contribution in [3.63, 3.8) is 0 Å². The van der Waals surface area contributed by atoms with E-state index in [0.717, 1.165) is 18.7 Å². The molecule has 2 atom stereocenters.